The van der Waals surface area contributed by atoms with E-state index in [1.165, 1.54) is 0 Å². The molecule has 0 spiro atoms. The highest BCUT2D eigenvalue weighted by Gasteiger charge is 2.09. The van der Waals surface area contributed by atoms with Gasteiger partial charge >= 0.3 is 0 Å². The van der Waals surface area contributed by atoms with Crippen LogP contribution in [0.4, 0.5) is 0 Å². The van der Waals surface area contributed by atoms with E-state index in [2.05, 4.69) is 29.3 Å². The van der Waals surface area contributed by atoms with Crippen molar-refractivity contribution in [2.24, 2.45) is 0 Å². The Bertz CT molecular complexity index is 515. The summed E-state index contributed by atoms with van der Waals surface area (Å²) >= 11 is 0. The van der Waals surface area contributed by atoms with E-state index in [9.17, 15) is 0 Å². The lowest BCUT2D eigenvalue weighted by Gasteiger charge is -2.12. The number of aromatic nitrogens is 5. The molecule has 2 aromatic rings. The molecule has 6 nitrogen and oxygen atoms in total. The Labute approximate surface area is 119 Å². The number of nitrogens with zero attached hydrogens (tertiary/aromatic N) is 5. The molecule has 0 atom stereocenters. The second-order valence-electron chi connectivity index (χ2n) is 4.99. The van der Waals surface area contributed by atoms with Crippen molar-refractivity contribution in [1.29, 1.82) is 0 Å². The Morgan fingerprint density at radius 3 is 2.75 bits per heavy atom. The third-order valence-electron chi connectivity index (χ3n) is 3.48. The molecule has 0 aliphatic carbocycles. The predicted octanol–water partition coefficient (Wildman–Crippen LogP) is 1.81. The summed E-state index contributed by atoms with van der Waals surface area (Å²) < 4.78 is 3.84. The van der Waals surface area contributed by atoms with Crippen molar-refractivity contribution < 1.29 is 5.11 Å². The summed E-state index contributed by atoms with van der Waals surface area (Å²) in [7, 11) is 0. The van der Waals surface area contributed by atoms with Crippen LogP contribution in [0.2, 0.25) is 0 Å². The van der Waals surface area contributed by atoms with Gasteiger partial charge in [0.05, 0.1) is 24.0 Å². The normalized spacial score (nSPS) is 11.4. The molecule has 0 radical (unpaired) electrons. The van der Waals surface area contributed by atoms with E-state index < -0.39 is 0 Å². The number of aliphatic hydroxyl groups is 1. The Morgan fingerprint density at radius 2 is 2.05 bits per heavy atom. The maximum Gasteiger partial charge on any atom is 0.0867 e. The lowest BCUT2D eigenvalue weighted by atomic mass is 10.2. The number of rotatable bonds is 8. The van der Waals surface area contributed by atoms with E-state index in [1.54, 1.807) is 4.68 Å². The maximum atomic E-state index is 8.80. The van der Waals surface area contributed by atoms with E-state index in [0.717, 1.165) is 37.1 Å². The summed E-state index contributed by atoms with van der Waals surface area (Å²) in [4.78, 5) is 0. The van der Waals surface area contributed by atoms with Crippen molar-refractivity contribution in [3.63, 3.8) is 0 Å². The standard InChI is InChI=1S/C14H23N5O/c1-3-14(4-2)19-8-7-13(16-19)11-18-10-12(15-17-18)6-5-9-20/h7-8,10,14,20H,3-6,9,11H2,1-2H3. The van der Waals surface area contributed by atoms with Gasteiger partial charge in [-0.3, -0.25) is 4.68 Å². The molecule has 20 heavy (non-hydrogen) atoms. The van der Waals surface area contributed by atoms with Crippen molar-refractivity contribution >= 4 is 0 Å². The van der Waals surface area contributed by atoms with E-state index in [0.29, 0.717) is 12.6 Å². The van der Waals surface area contributed by atoms with Crippen molar-refractivity contribution in [3.8, 4) is 0 Å². The Balaban J connectivity index is 1.97. The SMILES string of the molecule is CCC(CC)n1ccc(Cn2cc(CCCO)nn2)n1. The van der Waals surface area contributed by atoms with Gasteiger partial charge in [0, 0.05) is 19.0 Å². The van der Waals surface area contributed by atoms with Gasteiger partial charge in [0.15, 0.2) is 0 Å². The van der Waals surface area contributed by atoms with Crippen LogP contribution in [-0.4, -0.2) is 36.5 Å². The molecule has 1 N–H and O–H groups in total. The van der Waals surface area contributed by atoms with Crippen LogP contribution in [0.15, 0.2) is 18.5 Å². The minimum absolute atomic E-state index is 0.187. The molecule has 0 aliphatic heterocycles. The quantitative estimate of drug-likeness (QED) is 0.799. The first-order valence-electron chi connectivity index (χ1n) is 7.30. The van der Waals surface area contributed by atoms with Crippen LogP contribution in [0, 0.1) is 0 Å². The van der Waals surface area contributed by atoms with Crippen LogP contribution in [0.1, 0.15) is 50.5 Å². The molecular formula is C14H23N5O. The summed E-state index contributed by atoms with van der Waals surface area (Å²) in [6, 6.07) is 2.51. The Morgan fingerprint density at radius 1 is 1.25 bits per heavy atom. The van der Waals surface area contributed by atoms with Crippen LogP contribution in [0.3, 0.4) is 0 Å². The average molecular weight is 277 g/mol. The fourth-order valence-electron chi connectivity index (χ4n) is 2.28. The molecule has 2 heterocycles. The van der Waals surface area contributed by atoms with E-state index >= 15 is 0 Å². The van der Waals surface area contributed by atoms with E-state index in [-0.39, 0.29) is 6.61 Å². The monoisotopic (exact) mass is 277 g/mol. The van der Waals surface area contributed by atoms with Gasteiger partial charge in [-0.15, -0.1) is 5.10 Å². The van der Waals surface area contributed by atoms with Gasteiger partial charge in [-0.25, -0.2) is 4.68 Å². The summed E-state index contributed by atoms with van der Waals surface area (Å²) in [5, 5.41) is 21.6. The van der Waals surface area contributed by atoms with Gasteiger partial charge in [-0.1, -0.05) is 19.1 Å². The number of aryl methyl sites for hydroxylation is 1. The molecule has 6 heteroatoms. The van der Waals surface area contributed by atoms with Crippen LogP contribution in [-0.2, 0) is 13.0 Å². The zero-order valence-electron chi connectivity index (χ0n) is 12.2. The molecule has 0 amide bonds. The molecule has 0 saturated heterocycles. The van der Waals surface area contributed by atoms with Gasteiger partial charge in [0.2, 0.25) is 0 Å². The summed E-state index contributed by atoms with van der Waals surface area (Å²) in [6.45, 7) is 5.19. The van der Waals surface area contributed by atoms with Crippen LogP contribution < -0.4 is 0 Å². The van der Waals surface area contributed by atoms with Crippen molar-refractivity contribution in [2.45, 2.75) is 52.1 Å². The highest BCUT2D eigenvalue weighted by atomic mass is 16.2. The number of aliphatic hydroxyl groups excluding tert-OH is 1. The van der Waals surface area contributed by atoms with Crippen LogP contribution in [0.25, 0.3) is 0 Å². The fourth-order valence-corrected chi connectivity index (χ4v) is 2.28. The molecule has 0 fully saturated rings. The average Bonchev–Trinajstić information content (AvgIpc) is 3.08. The molecule has 2 rings (SSSR count). The molecular weight excluding hydrogens is 254 g/mol. The first-order chi connectivity index (χ1) is 9.76. The van der Waals surface area contributed by atoms with Gasteiger partial charge < -0.3 is 5.11 Å². The smallest absolute Gasteiger partial charge is 0.0867 e. The topological polar surface area (TPSA) is 68.8 Å². The minimum Gasteiger partial charge on any atom is -0.396 e. The largest absolute Gasteiger partial charge is 0.396 e. The first-order valence-corrected chi connectivity index (χ1v) is 7.30. The zero-order valence-corrected chi connectivity index (χ0v) is 12.2. The lowest BCUT2D eigenvalue weighted by Crippen LogP contribution is -2.09. The highest BCUT2D eigenvalue weighted by molar-refractivity contribution is 5.02. The van der Waals surface area contributed by atoms with E-state index in [4.69, 9.17) is 5.11 Å². The predicted molar refractivity (Wildman–Crippen MR) is 76.4 cm³/mol. The van der Waals surface area contributed by atoms with Crippen LogP contribution in [0.5, 0.6) is 0 Å². The first kappa shape index (κ1) is 14.7. The maximum absolute atomic E-state index is 8.80. The summed E-state index contributed by atoms with van der Waals surface area (Å²) in [5.41, 5.74) is 1.91. The second-order valence-corrected chi connectivity index (χ2v) is 4.99. The van der Waals surface area contributed by atoms with E-state index in [1.807, 2.05) is 23.1 Å². The zero-order chi connectivity index (χ0) is 14.4. The second kappa shape index (κ2) is 7.19. The number of hydrogen-bond donors (Lipinski definition) is 1. The summed E-state index contributed by atoms with van der Waals surface area (Å²) in [5.74, 6) is 0. The van der Waals surface area contributed by atoms with Crippen LogP contribution >= 0.6 is 0 Å². The molecule has 0 aromatic carbocycles. The molecule has 0 bridgehead atoms. The third kappa shape index (κ3) is 3.66. The van der Waals surface area contributed by atoms with Gasteiger partial charge in [-0.05, 0) is 31.7 Å². The minimum atomic E-state index is 0.187. The molecule has 0 saturated carbocycles. The van der Waals surface area contributed by atoms with Gasteiger partial charge in [0.25, 0.3) is 0 Å². The molecule has 110 valence electrons. The molecule has 2 aromatic heterocycles. The Kier molecular flexibility index (Phi) is 5.29. The van der Waals surface area contributed by atoms with Crippen molar-refractivity contribution in [1.82, 2.24) is 24.8 Å². The third-order valence-corrected chi connectivity index (χ3v) is 3.48. The fraction of sp³-hybridized carbons (Fsp3) is 0.643. The molecule has 0 unspecified atom stereocenters. The van der Waals surface area contributed by atoms with Gasteiger partial charge in [-0.2, -0.15) is 5.10 Å². The Hall–Kier alpha value is -1.69. The molecule has 0 aliphatic rings. The highest BCUT2D eigenvalue weighted by Crippen LogP contribution is 2.14. The summed E-state index contributed by atoms with van der Waals surface area (Å²) in [6.07, 6.45) is 7.63. The van der Waals surface area contributed by atoms with Gasteiger partial charge in [0.1, 0.15) is 0 Å². The lowest BCUT2D eigenvalue weighted by molar-refractivity contribution is 0.288. The van der Waals surface area contributed by atoms with Crippen molar-refractivity contribution in [3.05, 3.63) is 29.8 Å². The number of hydrogen-bond acceptors (Lipinski definition) is 4. The van der Waals surface area contributed by atoms with Crippen molar-refractivity contribution in [2.75, 3.05) is 6.61 Å².